The highest BCUT2D eigenvalue weighted by Gasteiger charge is 2.57. The summed E-state index contributed by atoms with van der Waals surface area (Å²) in [5.41, 5.74) is -0.764. The van der Waals surface area contributed by atoms with Crippen molar-refractivity contribution in [3.05, 3.63) is 0 Å². The highest BCUT2D eigenvalue weighted by molar-refractivity contribution is 5.84. The van der Waals surface area contributed by atoms with Crippen LogP contribution in [0.1, 0.15) is 45.4 Å². The van der Waals surface area contributed by atoms with Crippen molar-refractivity contribution in [2.24, 2.45) is 23.2 Å². The fraction of sp³-hybridized carbons (Fsp3) is 0.857. The van der Waals surface area contributed by atoms with Gasteiger partial charge < -0.3 is 10.4 Å². The molecule has 0 bridgehead atoms. The minimum atomic E-state index is -0.777. The molecular formula is C14H21NO3. The Morgan fingerprint density at radius 2 is 1.83 bits per heavy atom. The van der Waals surface area contributed by atoms with E-state index in [1.165, 1.54) is 19.3 Å². The first-order valence-electron chi connectivity index (χ1n) is 7.08. The zero-order valence-corrected chi connectivity index (χ0v) is 10.8. The van der Waals surface area contributed by atoms with E-state index in [2.05, 4.69) is 5.32 Å². The molecule has 3 fully saturated rings. The Balaban J connectivity index is 1.63. The lowest BCUT2D eigenvalue weighted by Crippen LogP contribution is -2.47. The van der Waals surface area contributed by atoms with Crippen LogP contribution >= 0.6 is 0 Å². The number of carbonyl (C=O) groups excluding carboxylic acids is 1. The minimum absolute atomic E-state index is 0.115. The van der Waals surface area contributed by atoms with Crippen LogP contribution in [0.2, 0.25) is 0 Å². The van der Waals surface area contributed by atoms with Gasteiger partial charge in [0.25, 0.3) is 0 Å². The number of rotatable bonds is 3. The normalized spacial score (nSPS) is 45.6. The maximum atomic E-state index is 12.2. The molecule has 0 aromatic rings. The average Bonchev–Trinajstić information content (AvgIpc) is 2.68. The van der Waals surface area contributed by atoms with Crippen molar-refractivity contribution < 1.29 is 14.7 Å². The van der Waals surface area contributed by atoms with Gasteiger partial charge in [0, 0.05) is 12.0 Å². The second-order valence-corrected chi connectivity index (χ2v) is 6.46. The zero-order chi connectivity index (χ0) is 12.9. The Labute approximate surface area is 107 Å². The van der Waals surface area contributed by atoms with Crippen molar-refractivity contribution in [3.63, 3.8) is 0 Å². The summed E-state index contributed by atoms with van der Waals surface area (Å²) in [6.07, 6.45) is 6.00. The maximum Gasteiger partial charge on any atom is 0.311 e. The SMILES string of the molecule is CC1(C(=O)O)CCCC1NC(=O)C1C2CCCC21. The molecule has 0 aliphatic heterocycles. The van der Waals surface area contributed by atoms with Gasteiger partial charge in [-0.25, -0.2) is 0 Å². The first kappa shape index (κ1) is 12.0. The lowest BCUT2D eigenvalue weighted by molar-refractivity contribution is -0.149. The van der Waals surface area contributed by atoms with Crippen LogP contribution in [0.3, 0.4) is 0 Å². The maximum absolute atomic E-state index is 12.2. The summed E-state index contributed by atoms with van der Waals surface area (Å²) >= 11 is 0. The van der Waals surface area contributed by atoms with Gasteiger partial charge in [-0.15, -0.1) is 0 Å². The van der Waals surface area contributed by atoms with Gasteiger partial charge in [0.2, 0.25) is 5.91 Å². The summed E-state index contributed by atoms with van der Waals surface area (Å²) in [7, 11) is 0. The van der Waals surface area contributed by atoms with Crippen LogP contribution in [0.15, 0.2) is 0 Å². The smallest absolute Gasteiger partial charge is 0.311 e. The molecule has 0 spiro atoms. The molecule has 0 aromatic heterocycles. The van der Waals surface area contributed by atoms with Crippen molar-refractivity contribution in [1.29, 1.82) is 0 Å². The molecule has 4 nitrogen and oxygen atoms in total. The van der Waals surface area contributed by atoms with E-state index in [0.717, 1.165) is 12.8 Å². The molecule has 3 aliphatic rings. The molecule has 4 unspecified atom stereocenters. The highest BCUT2D eigenvalue weighted by atomic mass is 16.4. The predicted molar refractivity (Wildman–Crippen MR) is 65.8 cm³/mol. The van der Waals surface area contributed by atoms with Gasteiger partial charge in [0.1, 0.15) is 0 Å². The van der Waals surface area contributed by atoms with Crippen LogP contribution in [0.25, 0.3) is 0 Å². The summed E-state index contributed by atoms with van der Waals surface area (Å²) < 4.78 is 0. The summed E-state index contributed by atoms with van der Waals surface area (Å²) in [6.45, 7) is 1.76. The molecule has 3 saturated carbocycles. The number of hydrogen-bond acceptors (Lipinski definition) is 2. The van der Waals surface area contributed by atoms with Crippen LogP contribution in [-0.2, 0) is 9.59 Å². The van der Waals surface area contributed by atoms with Crippen LogP contribution in [-0.4, -0.2) is 23.0 Å². The number of fused-ring (bicyclic) bond motifs is 1. The summed E-state index contributed by atoms with van der Waals surface area (Å²) in [6, 6.07) is -0.177. The monoisotopic (exact) mass is 251 g/mol. The Morgan fingerprint density at radius 1 is 1.17 bits per heavy atom. The fourth-order valence-electron chi connectivity index (χ4n) is 4.13. The molecular weight excluding hydrogens is 230 g/mol. The van der Waals surface area contributed by atoms with Crippen LogP contribution in [0.4, 0.5) is 0 Å². The lowest BCUT2D eigenvalue weighted by atomic mass is 9.85. The van der Waals surface area contributed by atoms with Crippen LogP contribution in [0.5, 0.6) is 0 Å². The standard InChI is InChI=1S/C14H21NO3/c1-14(13(17)18)7-3-6-10(14)15-12(16)11-8-4-2-5-9(8)11/h8-11H,2-7H2,1H3,(H,15,16)(H,17,18). The number of carbonyl (C=O) groups is 2. The second kappa shape index (κ2) is 3.97. The van der Waals surface area contributed by atoms with E-state index in [-0.39, 0.29) is 17.9 Å². The average molecular weight is 251 g/mol. The van der Waals surface area contributed by atoms with E-state index in [4.69, 9.17) is 0 Å². The van der Waals surface area contributed by atoms with Crippen molar-refractivity contribution in [2.45, 2.75) is 51.5 Å². The Hall–Kier alpha value is -1.06. The summed E-state index contributed by atoms with van der Waals surface area (Å²) in [5.74, 6) is 0.729. The van der Waals surface area contributed by atoms with Gasteiger partial charge in [-0.3, -0.25) is 9.59 Å². The molecule has 0 heterocycles. The quantitative estimate of drug-likeness (QED) is 0.803. The Bertz CT molecular complexity index is 385. The van der Waals surface area contributed by atoms with E-state index in [0.29, 0.717) is 18.3 Å². The number of amides is 1. The van der Waals surface area contributed by atoms with Crippen LogP contribution in [0, 0.1) is 23.2 Å². The molecule has 2 N–H and O–H groups in total. The zero-order valence-electron chi connectivity index (χ0n) is 10.8. The molecule has 3 aliphatic carbocycles. The molecule has 100 valence electrons. The highest BCUT2D eigenvalue weighted by Crippen LogP contribution is 2.57. The van der Waals surface area contributed by atoms with Crippen molar-refractivity contribution in [3.8, 4) is 0 Å². The third kappa shape index (κ3) is 1.65. The first-order valence-corrected chi connectivity index (χ1v) is 7.08. The van der Waals surface area contributed by atoms with Gasteiger partial charge in [-0.05, 0) is 44.4 Å². The van der Waals surface area contributed by atoms with E-state index < -0.39 is 11.4 Å². The minimum Gasteiger partial charge on any atom is -0.481 e. The van der Waals surface area contributed by atoms with Gasteiger partial charge in [0.05, 0.1) is 5.41 Å². The Kier molecular flexibility index (Phi) is 2.65. The van der Waals surface area contributed by atoms with E-state index in [1.807, 2.05) is 0 Å². The van der Waals surface area contributed by atoms with Crippen molar-refractivity contribution in [1.82, 2.24) is 5.32 Å². The van der Waals surface area contributed by atoms with Crippen LogP contribution < -0.4 is 5.32 Å². The first-order chi connectivity index (χ1) is 8.54. The van der Waals surface area contributed by atoms with E-state index >= 15 is 0 Å². The lowest BCUT2D eigenvalue weighted by Gasteiger charge is -2.28. The number of hydrogen-bond donors (Lipinski definition) is 2. The van der Waals surface area contributed by atoms with E-state index in [9.17, 15) is 14.7 Å². The Morgan fingerprint density at radius 3 is 2.44 bits per heavy atom. The molecule has 0 saturated heterocycles. The second-order valence-electron chi connectivity index (χ2n) is 6.46. The molecule has 3 rings (SSSR count). The number of aliphatic carboxylic acids is 1. The van der Waals surface area contributed by atoms with Crippen molar-refractivity contribution in [2.75, 3.05) is 0 Å². The topological polar surface area (TPSA) is 66.4 Å². The van der Waals surface area contributed by atoms with Gasteiger partial charge >= 0.3 is 5.97 Å². The van der Waals surface area contributed by atoms with Gasteiger partial charge in [-0.2, -0.15) is 0 Å². The third-order valence-corrected chi connectivity index (χ3v) is 5.47. The molecule has 18 heavy (non-hydrogen) atoms. The fourth-order valence-corrected chi connectivity index (χ4v) is 4.13. The molecule has 0 radical (unpaired) electrons. The van der Waals surface area contributed by atoms with Gasteiger partial charge in [0.15, 0.2) is 0 Å². The predicted octanol–water partition coefficient (Wildman–Crippen LogP) is 1.79. The summed E-state index contributed by atoms with van der Waals surface area (Å²) in [4.78, 5) is 23.5. The summed E-state index contributed by atoms with van der Waals surface area (Å²) in [5, 5.41) is 12.3. The molecule has 4 atom stereocenters. The van der Waals surface area contributed by atoms with Crippen molar-refractivity contribution >= 4 is 11.9 Å². The van der Waals surface area contributed by atoms with Gasteiger partial charge in [-0.1, -0.05) is 12.8 Å². The number of carboxylic acid groups (broad SMARTS) is 1. The number of nitrogens with one attached hydrogen (secondary N) is 1. The largest absolute Gasteiger partial charge is 0.481 e. The molecule has 4 heteroatoms. The van der Waals surface area contributed by atoms with E-state index in [1.54, 1.807) is 6.92 Å². The number of carboxylic acids is 1. The molecule has 0 aromatic carbocycles. The third-order valence-electron chi connectivity index (χ3n) is 5.47. The molecule has 1 amide bonds.